The fourth-order valence-corrected chi connectivity index (χ4v) is 2.04. The third kappa shape index (κ3) is 1.62. The van der Waals surface area contributed by atoms with Gasteiger partial charge < -0.3 is 0 Å². The van der Waals surface area contributed by atoms with Gasteiger partial charge in [0.15, 0.2) is 0 Å². The smallest absolute Gasteiger partial charge is 0.0147 e. The van der Waals surface area contributed by atoms with E-state index >= 15 is 0 Å². The minimum absolute atomic E-state index is 0.456. The predicted octanol–water partition coefficient (Wildman–Crippen LogP) is 3.39. The SMILES string of the molecule is C=CC1(C)CCCC(C)C1. The summed E-state index contributed by atoms with van der Waals surface area (Å²) in [7, 11) is 0. The molecule has 1 fully saturated rings. The van der Waals surface area contributed by atoms with Crippen molar-refractivity contribution in [1.29, 1.82) is 0 Å². The summed E-state index contributed by atoms with van der Waals surface area (Å²) >= 11 is 0. The summed E-state index contributed by atoms with van der Waals surface area (Å²) in [4.78, 5) is 0. The maximum absolute atomic E-state index is 3.89. The summed E-state index contributed by atoms with van der Waals surface area (Å²) in [5, 5.41) is 0. The lowest BCUT2D eigenvalue weighted by atomic mass is 9.72. The molecule has 1 aliphatic carbocycles. The Balaban J connectivity index is 2.53. The number of hydrogen-bond acceptors (Lipinski definition) is 0. The number of allylic oxidation sites excluding steroid dienone is 1. The van der Waals surface area contributed by atoms with Crippen molar-refractivity contribution < 1.29 is 0 Å². The highest BCUT2D eigenvalue weighted by Crippen LogP contribution is 2.39. The maximum atomic E-state index is 3.89. The molecular weight excluding hydrogens is 120 g/mol. The van der Waals surface area contributed by atoms with E-state index in [9.17, 15) is 0 Å². The monoisotopic (exact) mass is 138 g/mol. The number of hydrogen-bond donors (Lipinski definition) is 0. The normalized spacial score (nSPS) is 41.2. The van der Waals surface area contributed by atoms with Crippen molar-refractivity contribution >= 4 is 0 Å². The first kappa shape index (κ1) is 7.84. The van der Waals surface area contributed by atoms with E-state index in [1.807, 2.05) is 0 Å². The first-order valence-corrected chi connectivity index (χ1v) is 4.30. The highest BCUT2D eigenvalue weighted by atomic mass is 14.3. The minimum Gasteiger partial charge on any atom is -0.103 e. The molecule has 10 heavy (non-hydrogen) atoms. The van der Waals surface area contributed by atoms with E-state index in [0.29, 0.717) is 5.41 Å². The van der Waals surface area contributed by atoms with Crippen LogP contribution in [0.3, 0.4) is 0 Å². The van der Waals surface area contributed by atoms with Crippen molar-refractivity contribution in [3.05, 3.63) is 12.7 Å². The van der Waals surface area contributed by atoms with E-state index < -0.39 is 0 Å². The fourth-order valence-electron chi connectivity index (χ4n) is 2.04. The summed E-state index contributed by atoms with van der Waals surface area (Å²) in [6.07, 6.45) is 7.65. The molecule has 0 heterocycles. The molecule has 0 saturated heterocycles. The van der Waals surface area contributed by atoms with Crippen LogP contribution in [-0.4, -0.2) is 0 Å². The van der Waals surface area contributed by atoms with Crippen LogP contribution in [0.25, 0.3) is 0 Å². The van der Waals surface area contributed by atoms with E-state index in [1.165, 1.54) is 25.7 Å². The molecule has 2 atom stereocenters. The van der Waals surface area contributed by atoms with Gasteiger partial charge in [0.1, 0.15) is 0 Å². The van der Waals surface area contributed by atoms with Crippen molar-refractivity contribution in [1.82, 2.24) is 0 Å². The Kier molecular flexibility index (Phi) is 2.18. The molecule has 0 spiro atoms. The van der Waals surface area contributed by atoms with Crippen LogP contribution >= 0.6 is 0 Å². The second-order valence-corrected chi connectivity index (χ2v) is 4.06. The van der Waals surface area contributed by atoms with Gasteiger partial charge in [0, 0.05) is 0 Å². The number of rotatable bonds is 1. The largest absolute Gasteiger partial charge is 0.103 e. The average Bonchev–Trinajstić information content (AvgIpc) is 1.88. The lowest BCUT2D eigenvalue weighted by molar-refractivity contribution is 0.225. The molecule has 0 nitrogen and oxygen atoms in total. The Labute approximate surface area is 64.3 Å². The van der Waals surface area contributed by atoms with Gasteiger partial charge in [0.25, 0.3) is 0 Å². The van der Waals surface area contributed by atoms with Gasteiger partial charge in [0.2, 0.25) is 0 Å². The Hall–Kier alpha value is -0.260. The van der Waals surface area contributed by atoms with Gasteiger partial charge in [-0.2, -0.15) is 0 Å². The summed E-state index contributed by atoms with van der Waals surface area (Å²) < 4.78 is 0. The molecule has 1 rings (SSSR count). The predicted molar refractivity (Wildman–Crippen MR) is 45.9 cm³/mol. The zero-order valence-electron chi connectivity index (χ0n) is 7.19. The molecule has 0 bridgehead atoms. The molecule has 0 N–H and O–H groups in total. The average molecular weight is 138 g/mol. The lowest BCUT2D eigenvalue weighted by Gasteiger charge is -2.34. The van der Waals surface area contributed by atoms with Gasteiger partial charge in [-0.3, -0.25) is 0 Å². The third-order valence-electron chi connectivity index (χ3n) is 2.75. The summed E-state index contributed by atoms with van der Waals surface area (Å²) in [5.41, 5.74) is 0.456. The van der Waals surface area contributed by atoms with Crippen molar-refractivity contribution in [3.8, 4) is 0 Å². The zero-order valence-corrected chi connectivity index (χ0v) is 7.19. The molecule has 1 saturated carbocycles. The first-order valence-electron chi connectivity index (χ1n) is 4.30. The molecule has 0 aromatic rings. The van der Waals surface area contributed by atoms with Crippen molar-refractivity contribution in [2.75, 3.05) is 0 Å². The zero-order chi connectivity index (χ0) is 7.61. The third-order valence-corrected chi connectivity index (χ3v) is 2.75. The van der Waals surface area contributed by atoms with Gasteiger partial charge in [-0.25, -0.2) is 0 Å². The Morgan fingerprint density at radius 2 is 2.30 bits per heavy atom. The quantitative estimate of drug-likeness (QED) is 0.487. The Bertz CT molecular complexity index is 126. The Morgan fingerprint density at radius 1 is 1.60 bits per heavy atom. The van der Waals surface area contributed by atoms with Gasteiger partial charge >= 0.3 is 0 Å². The second-order valence-electron chi connectivity index (χ2n) is 4.06. The molecule has 0 aromatic heterocycles. The molecular formula is C10H18. The van der Waals surface area contributed by atoms with Gasteiger partial charge in [0.05, 0.1) is 0 Å². The first-order chi connectivity index (χ1) is 4.66. The van der Waals surface area contributed by atoms with Gasteiger partial charge in [-0.05, 0) is 24.2 Å². The van der Waals surface area contributed by atoms with Crippen molar-refractivity contribution in [3.63, 3.8) is 0 Å². The van der Waals surface area contributed by atoms with Crippen LogP contribution in [0.5, 0.6) is 0 Å². The van der Waals surface area contributed by atoms with E-state index in [2.05, 4.69) is 26.5 Å². The van der Waals surface area contributed by atoms with E-state index in [-0.39, 0.29) is 0 Å². The van der Waals surface area contributed by atoms with Gasteiger partial charge in [-0.15, -0.1) is 6.58 Å². The molecule has 0 heteroatoms. The van der Waals surface area contributed by atoms with Crippen LogP contribution in [0.15, 0.2) is 12.7 Å². The van der Waals surface area contributed by atoms with Gasteiger partial charge in [-0.1, -0.05) is 32.8 Å². The molecule has 0 aliphatic heterocycles. The summed E-state index contributed by atoms with van der Waals surface area (Å²) in [6.45, 7) is 8.57. The molecule has 1 aliphatic rings. The molecule has 0 radical (unpaired) electrons. The van der Waals surface area contributed by atoms with Crippen LogP contribution in [0, 0.1) is 11.3 Å². The van der Waals surface area contributed by atoms with E-state index in [1.54, 1.807) is 0 Å². The second kappa shape index (κ2) is 2.77. The lowest BCUT2D eigenvalue weighted by Crippen LogP contribution is -2.21. The Morgan fingerprint density at radius 3 is 2.70 bits per heavy atom. The standard InChI is InChI=1S/C10H18/c1-4-10(3)7-5-6-9(2)8-10/h4,9H,1,5-8H2,2-3H3. The van der Waals surface area contributed by atoms with E-state index in [4.69, 9.17) is 0 Å². The minimum atomic E-state index is 0.456. The molecule has 58 valence electrons. The van der Waals surface area contributed by atoms with Crippen LogP contribution in [0.1, 0.15) is 39.5 Å². The van der Waals surface area contributed by atoms with Crippen LogP contribution in [-0.2, 0) is 0 Å². The van der Waals surface area contributed by atoms with Crippen molar-refractivity contribution in [2.45, 2.75) is 39.5 Å². The van der Waals surface area contributed by atoms with E-state index in [0.717, 1.165) is 5.92 Å². The van der Waals surface area contributed by atoms with Crippen LogP contribution in [0.4, 0.5) is 0 Å². The fraction of sp³-hybridized carbons (Fsp3) is 0.800. The molecule has 2 unspecified atom stereocenters. The maximum Gasteiger partial charge on any atom is -0.0147 e. The van der Waals surface area contributed by atoms with Crippen molar-refractivity contribution in [2.24, 2.45) is 11.3 Å². The molecule has 0 amide bonds. The van der Waals surface area contributed by atoms with Crippen LogP contribution < -0.4 is 0 Å². The molecule has 0 aromatic carbocycles. The topological polar surface area (TPSA) is 0 Å². The summed E-state index contributed by atoms with van der Waals surface area (Å²) in [6, 6.07) is 0. The van der Waals surface area contributed by atoms with Crippen LogP contribution in [0.2, 0.25) is 0 Å². The highest BCUT2D eigenvalue weighted by Gasteiger charge is 2.26. The summed E-state index contributed by atoms with van der Waals surface area (Å²) in [5.74, 6) is 0.914. The highest BCUT2D eigenvalue weighted by molar-refractivity contribution is 4.94.